The number of ether oxygens (including phenoxy) is 1. The number of aryl methyl sites for hydroxylation is 2. The van der Waals surface area contributed by atoms with E-state index >= 15 is 0 Å². The Hall–Kier alpha value is -2.95. The van der Waals surface area contributed by atoms with Crippen molar-refractivity contribution < 1.29 is 9.84 Å². The molecule has 34 heavy (non-hydrogen) atoms. The van der Waals surface area contributed by atoms with Gasteiger partial charge in [0.2, 0.25) is 5.88 Å². The first-order chi connectivity index (χ1) is 16.6. The molecule has 0 radical (unpaired) electrons. The molecule has 1 fully saturated rings. The van der Waals surface area contributed by atoms with Crippen molar-refractivity contribution >= 4 is 11.2 Å². The van der Waals surface area contributed by atoms with E-state index in [4.69, 9.17) is 9.72 Å². The number of fused-ring (bicyclic) bond motifs is 2. The first kappa shape index (κ1) is 22.8. The highest BCUT2D eigenvalue weighted by Gasteiger charge is 2.30. The molecule has 0 saturated carbocycles. The van der Waals surface area contributed by atoms with Crippen molar-refractivity contribution in [1.29, 1.82) is 0 Å². The third kappa shape index (κ3) is 4.94. The molecule has 0 spiro atoms. The van der Waals surface area contributed by atoms with Gasteiger partial charge in [0, 0.05) is 56.6 Å². The Bertz CT molecular complexity index is 1210. The van der Waals surface area contributed by atoms with Crippen LogP contribution in [0.1, 0.15) is 29.9 Å². The summed E-state index contributed by atoms with van der Waals surface area (Å²) in [5.74, 6) is 1.37. The van der Waals surface area contributed by atoms with Gasteiger partial charge in [-0.3, -0.25) is 14.3 Å². The number of hydrogen-bond acceptors (Lipinski definition) is 9. The maximum atomic E-state index is 12.5. The minimum Gasteiger partial charge on any atom is -0.481 e. The van der Waals surface area contributed by atoms with Crippen LogP contribution < -0.4 is 15.6 Å². The van der Waals surface area contributed by atoms with Crippen LogP contribution in [0, 0.1) is 5.92 Å². The van der Waals surface area contributed by atoms with Gasteiger partial charge in [0.1, 0.15) is 11.3 Å². The van der Waals surface area contributed by atoms with E-state index < -0.39 is 6.10 Å². The van der Waals surface area contributed by atoms with Gasteiger partial charge in [-0.1, -0.05) is 0 Å². The number of nitrogens with one attached hydrogen (secondary N) is 1. The zero-order valence-electron chi connectivity index (χ0n) is 19.5. The summed E-state index contributed by atoms with van der Waals surface area (Å²) in [7, 11) is 1.55. The number of aliphatic hydroxyl groups is 1. The summed E-state index contributed by atoms with van der Waals surface area (Å²) >= 11 is 0. The molecule has 10 nitrogen and oxygen atoms in total. The standard InChI is InChI=1S/C24H31N7O3/c1-34-22-7-6-19-24(29-22)31(23(33)13-26-19)9-8-30-14-17(20(32)15-30)10-25-12-21-27-11-16-4-2-3-5-18(16)28-21/h6-7,11,13,17,20,25,32H,2-5,8-10,12,14-15H2,1H3/t17-,20+/m0/s1. The molecule has 3 aromatic rings. The molecule has 2 N–H and O–H groups in total. The van der Waals surface area contributed by atoms with Crippen molar-refractivity contribution in [2.45, 2.75) is 44.9 Å². The Labute approximate surface area is 198 Å². The van der Waals surface area contributed by atoms with Gasteiger partial charge in [0.05, 0.1) is 26.0 Å². The first-order valence-electron chi connectivity index (χ1n) is 12.0. The minimum atomic E-state index is -0.416. The molecule has 1 aliphatic carbocycles. The zero-order chi connectivity index (χ0) is 23.5. The lowest BCUT2D eigenvalue weighted by atomic mass is 9.97. The third-order valence-electron chi connectivity index (χ3n) is 6.80. The van der Waals surface area contributed by atoms with Crippen LogP contribution in [-0.2, 0) is 25.9 Å². The molecule has 5 rings (SSSR count). The van der Waals surface area contributed by atoms with Crippen LogP contribution in [0.5, 0.6) is 5.88 Å². The van der Waals surface area contributed by atoms with E-state index in [0.29, 0.717) is 49.8 Å². The summed E-state index contributed by atoms with van der Waals surface area (Å²) in [6.07, 6.45) is 7.43. The van der Waals surface area contributed by atoms with E-state index in [-0.39, 0.29) is 11.5 Å². The molecule has 2 atom stereocenters. The van der Waals surface area contributed by atoms with Crippen LogP contribution in [0.3, 0.4) is 0 Å². The Kier molecular flexibility index (Phi) is 6.80. The molecule has 0 unspecified atom stereocenters. The van der Waals surface area contributed by atoms with E-state index in [2.05, 4.69) is 25.2 Å². The Balaban J connectivity index is 1.16. The molecule has 1 saturated heterocycles. The Morgan fingerprint density at radius 2 is 2.00 bits per heavy atom. The Morgan fingerprint density at radius 1 is 1.12 bits per heavy atom. The average molecular weight is 466 g/mol. The Morgan fingerprint density at radius 3 is 2.88 bits per heavy atom. The van der Waals surface area contributed by atoms with E-state index in [1.807, 2.05) is 6.20 Å². The first-order valence-corrected chi connectivity index (χ1v) is 12.0. The van der Waals surface area contributed by atoms with Crippen molar-refractivity contribution in [3.05, 3.63) is 52.0 Å². The number of pyridine rings is 1. The minimum absolute atomic E-state index is 0.113. The summed E-state index contributed by atoms with van der Waals surface area (Å²) in [6, 6.07) is 3.53. The second-order valence-electron chi connectivity index (χ2n) is 9.13. The van der Waals surface area contributed by atoms with Crippen LogP contribution in [0.4, 0.5) is 0 Å². The lowest BCUT2D eigenvalue weighted by molar-refractivity contribution is 0.140. The van der Waals surface area contributed by atoms with Crippen molar-refractivity contribution in [3.8, 4) is 5.88 Å². The molecule has 3 aromatic heterocycles. The maximum Gasteiger partial charge on any atom is 0.270 e. The number of hydrogen-bond donors (Lipinski definition) is 2. The highest BCUT2D eigenvalue weighted by atomic mass is 16.5. The van der Waals surface area contributed by atoms with Crippen molar-refractivity contribution in [3.63, 3.8) is 0 Å². The molecule has 10 heteroatoms. The second-order valence-corrected chi connectivity index (χ2v) is 9.13. The zero-order valence-corrected chi connectivity index (χ0v) is 19.5. The van der Waals surface area contributed by atoms with Crippen LogP contribution in [0.2, 0.25) is 0 Å². The number of methoxy groups -OCH3 is 1. The van der Waals surface area contributed by atoms with Gasteiger partial charge < -0.3 is 15.2 Å². The number of nitrogens with zero attached hydrogens (tertiary/aromatic N) is 6. The second kappa shape index (κ2) is 10.1. The third-order valence-corrected chi connectivity index (χ3v) is 6.80. The number of aromatic nitrogens is 5. The summed E-state index contributed by atoms with van der Waals surface area (Å²) in [6.45, 7) is 3.73. The quantitative estimate of drug-likeness (QED) is 0.492. The van der Waals surface area contributed by atoms with Gasteiger partial charge in [-0.15, -0.1) is 0 Å². The lowest BCUT2D eigenvalue weighted by Crippen LogP contribution is -2.32. The molecular weight excluding hydrogens is 434 g/mol. The number of rotatable bonds is 8. The summed E-state index contributed by atoms with van der Waals surface area (Å²) in [5.41, 5.74) is 3.43. The van der Waals surface area contributed by atoms with Crippen molar-refractivity contribution in [2.75, 3.05) is 33.3 Å². The molecule has 0 amide bonds. The predicted octanol–water partition coefficient (Wildman–Crippen LogP) is 0.551. The van der Waals surface area contributed by atoms with Crippen molar-refractivity contribution in [2.24, 2.45) is 5.92 Å². The van der Waals surface area contributed by atoms with Crippen LogP contribution >= 0.6 is 0 Å². The van der Waals surface area contributed by atoms with E-state index in [0.717, 1.165) is 25.2 Å². The maximum absolute atomic E-state index is 12.5. The van der Waals surface area contributed by atoms with E-state index in [9.17, 15) is 9.90 Å². The van der Waals surface area contributed by atoms with Crippen LogP contribution in [-0.4, -0.2) is 73.9 Å². The normalized spacial score (nSPS) is 20.5. The summed E-state index contributed by atoms with van der Waals surface area (Å²) < 4.78 is 6.83. The molecule has 0 bridgehead atoms. The van der Waals surface area contributed by atoms with E-state index in [1.54, 1.807) is 23.8 Å². The summed E-state index contributed by atoms with van der Waals surface area (Å²) in [5, 5.41) is 14.0. The van der Waals surface area contributed by atoms with E-state index in [1.165, 1.54) is 30.3 Å². The van der Waals surface area contributed by atoms with Gasteiger partial charge in [0.25, 0.3) is 5.56 Å². The molecular formula is C24H31N7O3. The topological polar surface area (TPSA) is 118 Å². The predicted molar refractivity (Wildman–Crippen MR) is 127 cm³/mol. The largest absolute Gasteiger partial charge is 0.481 e. The highest BCUT2D eigenvalue weighted by molar-refractivity contribution is 5.70. The fourth-order valence-electron chi connectivity index (χ4n) is 4.89. The number of aliphatic hydroxyl groups excluding tert-OH is 1. The average Bonchev–Trinajstić information content (AvgIpc) is 3.22. The lowest BCUT2D eigenvalue weighted by Gasteiger charge is -2.18. The monoisotopic (exact) mass is 465 g/mol. The van der Waals surface area contributed by atoms with Gasteiger partial charge in [-0.2, -0.15) is 4.98 Å². The molecule has 1 aliphatic heterocycles. The SMILES string of the molecule is COc1ccc2ncc(=O)n(CCN3C[C@H](CNCc4ncc5c(n4)CCCC5)[C@H](O)C3)c2n1. The molecule has 4 heterocycles. The smallest absolute Gasteiger partial charge is 0.270 e. The fraction of sp³-hybridized carbons (Fsp3) is 0.542. The number of likely N-dealkylation sites (tertiary alicyclic amines) is 1. The highest BCUT2D eigenvalue weighted by Crippen LogP contribution is 2.19. The molecule has 2 aliphatic rings. The molecule has 180 valence electrons. The van der Waals surface area contributed by atoms with Crippen LogP contribution in [0.25, 0.3) is 11.2 Å². The van der Waals surface area contributed by atoms with Gasteiger partial charge in [-0.05, 0) is 37.3 Å². The van der Waals surface area contributed by atoms with Gasteiger partial charge in [-0.25, -0.2) is 15.0 Å². The molecule has 0 aromatic carbocycles. The summed E-state index contributed by atoms with van der Waals surface area (Å²) in [4.78, 5) is 32.5. The number of β-amino-alcohol motifs (C(OH)–C–C–N with tert-alkyl or cyclic N) is 1. The van der Waals surface area contributed by atoms with Gasteiger partial charge in [0.15, 0.2) is 5.65 Å². The van der Waals surface area contributed by atoms with Crippen molar-refractivity contribution in [1.82, 2.24) is 34.7 Å². The van der Waals surface area contributed by atoms with Crippen LogP contribution in [0.15, 0.2) is 29.3 Å². The fourth-order valence-corrected chi connectivity index (χ4v) is 4.89. The van der Waals surface area contributed by atoms with Gasteiger partial charge >= 0.3 is 0 Å².